The van der Waals surface area contributed by atoms with Crippen molar-refractivity contribution in [2.24, 2.45) is 0 Å². The average Bonchev–Trinajstić information content (AvgIpc) is 2.35. The van der Waals surface area contributed by atoms with Crippen molar-refractivity contribution in [1.82, 2.24) is 5.32 Å². The van der Waals surface area contributed by atoms with E-state index in [4.69, 9.17) is 9.47 Å². The van der Waals surface area contributed by atoms with Crippen LogP contribution in [0.5, 0.6) is 11.5 Å². The van der Waals surface area contributed by atoms with Gasteiger partial charge in [0.25, 0.3) is 0 Å². The van der Waals surface area contributed by atoms with E-state index < -0.39 is 0 Å². The summed E-state index contributed by atoms with van der Waals surface area (Å²) in [6.07, 6.45) is 2.09. The largest absolute Gasteiger partial charge is 0.496 e. The van der Waals surface area contributed by atoms with Gasteiger partial charge in [0.2, 0.25) is 0 Å². The lowest BCUT2D eigenvalue weighted by atomic mass is 10.0. The molecule has 0 aromatic heterocycles. The Morgan fingerprint density at radius 2 is 1.94 bits per heavy atom. The van der Waals surface area contributed by atoms with Crippen molar-refractivity contribution in [1.29, 1.82) is 0 Å². The van der Waals surface area contributed by atoms with Crippen molar-refractivity contribution < 1.29 is 10.9 Å². The molecule has 0 saturated heterocycles. The first kappa shape index (κ1) is 13.6. The van der Waals surface area contributed by atoms with Crippen molar-refractivity contribution in [2.45, 2.75) is 13.8 Å². The molecule has 3 heteroatoms. The van der Waals surface area contributed by atoms with Gasteiger partial charge in [0, 0.05) is 13.5 Å². The Morgan fingerprint density at radius 1 is 1.29 bits per heavy atom. The predicted molar refractivity (Wildman–Crippen MR) is 74.0 cm³/mol. The summed E-state index contributed by atoms with van der Waals surface area (Å²) in [6, 6.07) is 4.04. The number of rotatable bonds is 5. The van der Waals surface area contributed by atoms with Crippen LogP contribution in [0.4, 0.5) is 0 Å². The minimum absolute atomic E-state index is 0. The Labute approximate surface area is 105 Å². The zero-order chi connectivity index (χ0) is 12.8. The van der Waals surface area contributed by atoms with Gasteiger partial charge in [-0.15, -0.1) is 0 Å². The summed E-state index contributed by atoms with van der Waals surface area (Å²) in [5.74, 6) is 1.77. The third-order valence-corrected chi connectivity index (χ3v) is 2.78. The topological polar surface area (TPSA) is 30.5 Å². The molecule has 0 amide bonds. The highest BCUT2D eigenvalue weighted by Gasteiger charge is 2.11. The average molecular weight is 237 g/mol. The highest BCUT2D eigenvalue weighted by atomic mass is 16.5. The van der Waals surface area contributed by atoms with Crippen LogP contribution < -0.4 is 14.8 Å². The number of aryl methyl sites for hydroxylation is 1. The molecule has 0 radical (unpaired) electrons. The Hall–Kier alpha value is -1.48. The van der Waals surface area contributed by atoms with E-state index in [1.165, 1.54) is 5.57 Å². The van der Waals surface area contributed by atoms with Gasteiger partial charge >= 0.3 is 0 Å². The molecule has 0 aliphatic carbocycles. The van der Waals surface area contributed by atoms with Crippen LogP contribution in [0.2, 0.25) is 0 Å². The van der Waals surface area contributed by atoms with Crippen LogP contribution >= 0.6 is 0 Å². The van der Waals surface area contributed by atoms with Crippen molar-refractivity contribution in [3.8, 4) is 11.5 Å². The Kier molecular flexibility index (Phi) is 5.04. The quantitative estimate of drug-likeness (QED) is 0.854. The lowest BCUT2D eigenvalue weighted by molar-refractivity contribution is 0.399. The monoisotopic (exact) mass is 237 g/mol. The van der Waals surface area contributed by atoms with Gasteiger partial charge in [0.05, 0.1) is 14.2 Å². The first-order valence-corrected chi connectivity index (χ1v) is 5.70. The van der Waals surface area contributed by atoms with E-state index in [0.717, 1.165) is 29.2 Å². The van der Waals surface area contributed by atoms with E-state index in [-0.39, 0.29) is 1.43 Å². The first-order chi connectivity index (χ1) is 8.17. The van der Waals surface area contributed by atoms with Crippen molar-refractivity contribution in [2.75, 3.05) is 27.8 Å². The molecule has 1 rings (SSSR count). The van der Waals surface area contributed by atoms with Gasteiger partial charge in [-0.2, -0.15) is 0 Å². The normalized spacial score (nSPS) is 11.5. The molecule has 1 N–H and O–H groups in total. The molecule has 0 atom stereocenters. The molecule has 0 aliphatic heterocycles. The smallest absolute Gasteiger partial charge is 0.126 e. The Bertz CT molecular complexity index is 417. The zero-order valence-electron chi connectivity index (χ0n) is 11.3. The van der Waals surface area contributed by atoms with E-state index in [1.54, 1.807) is 14.2 Å². The summed E-state index contributed by atoms with van der Waals surface area (Å²) in [5.41, 5.74) is 3.35. The van der Waals surface area contributed by atoms with E-state index in [0.29, 0.717) is 0 Å². The minimum atomic E-state index is 0. The number of methoxy groups -OCH3 is 2. The molecule has 0 heterocycles. The van der Waals surface area contributed by atoms with Gasteiger partial charge in [-0.1, -0.05) is 6.08 Å². The molecular weight excluding hydrogens is 214 g/mol. The lowest BCUT2D eigenvalue weighted by Gasteiger charge is -2.15. The number of nitrogens with one attached hydrogen (secondary N) is 1. The summed E-state index contributed by atoms with van der Waals surface area (Å²) in [6.45, 7) is 4.84. The Balaban J connectivity index is 0.00000289. The third kappa shape index (κ3) is 3.01. The molecule has 3 nitrogen and oxygen atoms in total. The molecule has 0 fully saturated rings. The third-order valence-electron chi connectivity index (χ3n) is 2.78. The van der Waals surface area contributed by atoms with Gasteiger partial charge in [0.1, 0.15) is 11.5 Å². The summed E-state index contributed by atoms with van der Waals surface area (Å²) in [4.78, 5) is 0. The maximum absolute atomic E-state index is 5.43. The van der Waals surface area contributed by atoms with E-state index >= 15 is 0 Å². The summed E-state index contributed by atoms with van der Waals surface area (Å²) in [7, 11) is 5.31. The zero-order valence-corrected chi connectivity index (χ0v) is 11.3. The van der Waals surface area contributed by atoms with Crippen LogP contribution in [0.1, 0.15) is 19.5 Å². The predicted octanol–water partition coefficient (Wildman–Crippen LogP) is 2.88. The second-order valence-corrected chi connectivity index (χ2v) is 3.87. The van der Waals surface area contributed by atoms with Crippen LogP contribution in [0.15, 0.2) is 18.2 Å². The highest BCUT2D eigenvalue weighted by molar-refractivity contribution is 5.73. The number of likely N-dealkylation sites (N-methyl/N-ethyl adjacent to an activating group) is 1. The highest BCUT2D eigenvalue weighted by Crippen LogP contribution is 2.32. The number of hydrogen-bond donors (Lipinski definition) is 1. The fourth-order valence-electron chi connectivity index (χ4n) is 1.84. The molecule has 0 spiro atoms. The summed E-state index contributed by atoms with van der Waals surface area (Å²) in [5, 5.41) is 3.16. The molecule has 1 aromatic rings. The number of benzene rings is 1. The summed E-state index contributed by atoms with van der Waals surface area (Å²) < 4.78 is 10.8. The fourth-order valence-corrected chi connectivity index (χ4v) is 1.84. The summed E-state index contributed by atoms with van der Waals surface area (Å²) >= 11 is 0. The maximum Gasteiger partial charge on any atom is 0.126 e. The van der Waals surface area contributed by atoms with Crippen LogP contribution in [0, 0.1) is 6.92 Å². The molecular formula is C14H23NO2. The van der Waals surface area contributed by atoms with Crippen molar-refractivity contribution in [3.05, 3.63) is 29.3 Å². The van der Waals surface area contributed by atoms with E-state index in [1.807, 2.05) is 33.0 Å². The van der Waals surface area contributed by atoms with Gasteiger partial charge in [-0.05, 0) is 44.2 Å². The van der Waals surface area contributed by atoms with Gasteiger partial charge < -0.3 is 14.8 Å². The van der Waals surface area contributed by atoms with Crippen molar-refractivity contribution >= 4 is 5.57 Å². The fraction of sp³-hybridized carbons (Fsp3) is 0.429. The van der Waals surface area contributed by atoms with E-state index in [2.05, 4.69) is 11.4 Å². The molecule has 0 unspecified atom stereocenters. The van der Waals surface area contributed by atoms with Crippen LogP contribution in [-0.4, -0.2) is 27.8 Å². The molecule has 0 saturated carbocycles. The molecule has 0 bridgehead atoms. The minimum Gasteiger partial charge on any atom is -0.496 e. The second kappa shape index (κ2) is 6.30. The number of hydrogen-bond acceptors (Lipinski definition) is 3. The van der Waals surface area contributed by atoms with E-state index in [9.17, 15) is 0 Å². The SMILES string of the molecule is C/C=C(\CNC)c1cc(OC)c(C)cc1OC.[HH]. The molecule has 0 aliphatic rings. The number of ether oxygens (including phenoxy) is 2. The lowest BCUT2D eigenvalue weighted by Crippen LogP contribution is -2.10. The van der Waals surface area contributed by atoms with Crippen molar-refractivity contribution in [3.63, 3.8) is 0 Å². The van der Waals surface area contributed by atoms with Crippen LogP contribution in [0.25, 0.3) is 5.57 Å². The van der Waals surface area contributed by atoms with Gasteiger partial charge in [-0.25, -0.2) is 0 Å². The van der Waals surface area contributed by atoms with Crippen LogP contribution in [0.3, 0.4) is 0 Å². The standard InChI is InChI=1S/C14H21NO2.H2/c1-6-11(9-15-3)12-8-13(16-4)10(2)7-14(12)17-5;/h6-8,15H,9H2,1-5H3;1H/b11-6+;. The van der Waals surface area contributed by atoms with Crippen LogP contribution in [-0.2, 0) is 0 Å². The maximum atomic E-state index is 5.43. The molecule has 96 valence electrons. The number of allylic oxidation sites excluding steroid dienone is 1. The second-order valence-electron chi connectivity index (χ2n) is 3.87. The first-order valence-electron chi connectivity index (χ1n) is 5.70. The van der Waals surface area contributed by atoms with Gasteiger partial charge in [-0.3, -0.25) is 0 Å². The molecule has 17 heavy (non-hydrogen) atoms. The molecule has 1 aromatic carbocycles. The van der Waals surface area contributed by atoms with Gasteiger partial charge in [0.15, 0.2) is 0 Å². The Morgan fingerprint density at radius 3 is 2.41 bits per heavy atom.